The Bertz CT molecular complexity index is 984. The van der Waals surface area contributed by atoms with Crippen molar-refractivity contribution >= 4 is 35.5 Å². The number of benzene rings is 1. The fourth-order valence-corrected chi connectivity index (χ4v) is 3.89. The van der Waals surface area contributed by atoms with E-state index in [4.69, 9.17) is 10.2 Å². The zero-order valence-corrected chi connectivity index (χ0v) is 20.5. The van der Waals surface area contributed by atoms with Gasteiger partial charge in [-0.2, -0.15) is 0 Å². The highest BCUT2D eigenvalue weighted by Gasteiger charge is 2.29. The summed E-state index contributed by atoms with van der Waals surface area (Å²) in [6.45, 7) is -2.11. The highest BCUT2D eigenvalue weighted by molar-refractivity contribution is 5.73. The number of carbonyl (C=O) groups is 5. The first-order chi connectivity index (χ1) is 17.7. The third kappa shape index (κ3) is 12.2. The molecule has 0 fully saturated rings. The zero-order chi connectivity index (χ0) is 29.0. The lowest BCUT2D eigenvalue weighted by molar-refractivity contribution is -0.384. The van der Waals surface area contributed by atoms with Crippen LogP contribution in [0.2, 0.25) is 0 Å². The maximum atomic E-state index is 11.6. The number of aliphatic carboxylic acids is 5. The summed E-state index contributed by atoms with van der Waals surface area (Å²) < 4.78 is 0. The van der Waals surface area contributed by atoms with Gasteiger partial charge in [0.15, 0.2) is 0 Å². The summed E-state index contributed by atoms with van der Waals surface area (Å²) in [7, 11) is 0. The Balaban J connectivity index is 3.33. The van der Waals surface area contributed by atoms with Gasteiger partial charge in [-0.1, -0.05) is 12.1 Å². The Labute approximate surface area is 216 Å². The van der Waals surface area contributed by atoms with E-state index in [1.807, 2.05) is 0 Å². The van der Waals surface area contributed by atoms with Gasteiger partial charge in [-0.3, -0.25) is 48.8 Å². The van der Waals surface area contributed by atoms with Gasteiger partial charge in [-0.25, -0.2) is 0 Å². The van der Waals surface area contributed by atoms with Crippen molar-refractivity contribution in [2.75, 3.05) is 45.8 Å². The monoisotopic (exact) mass is 542 g/mol. The van der Waals surface area contributed by atoms with E-state index in [-0.39, 0.29) is 25.2 Å². The van der Waals surface area contributed by atoms with Gasteiger partial charge in [0.1, 0.15) is 0 Å². The van der Waals surface area contributed by atoms with Crippen molar-refractivity contribution in [3.05, 3.63) is 39.9 Å². The highest BCUT2D eigenvalue weighted by atomic mass is 16.6. The molecule has 0 aliphatic rings. The Morgan fingerprint density at radius 3 is 1.55 bits per heavy atom. The summed E-state index contributed by atoms with van der Waals surface area (Å²) in [4.78, 5) is 70.8. The number of nitro benzene ring substituents is 1. The second-order valence-electron chi connectivity index (χ2n) is 8.60. The molecule has 5 N–H and O–H groups in total. The molecule has 2 atom stereocenters. The summed E-state index contributed by atoms with van der Waals surface area (Å²) >= 11 is 0. The number of carboxylic acids is 5. The molecule has 0 aromatic heterocycles. The predicted molar refractivity (Wildman–Crippen MR) is 128 cm³/mol. The van der Waals surface area contributed by atoms with Gasteiger partial charge in [0.05, 0.1) is 37.6 Å². The minimum Gasteiger partial charge on any atom is -0.480 e. The summed E-state index contributed by atoms with van der Waals surface area (Å²) in [5, 5.41) is 57.3. The Hall–Kier alpha value is -4.15. The molecule has 0 heterocycles. The van der Waals surface area contributed by atoms with Crippen LogP contribution in [0, 0.1) is 10.1 Å². The molecular formula is C22H30N4O12. The van der Waals surface area contributed by atoms with E-state index in [0.717, 1.165) is 9.80 Å². The number of rotatable bonds is 19. The van der Waals surface area contributed by atoms with Crippen molar-refractivity contribution in [3.63, 3.8) is 0 Å². The van der Waals surface area contributed by atoms with Gasteiger partial charge in [-0.15, -0.1) is 0 Å². The van der Waals surface area contributed by atoms with Crippen LogP contribution in [0.3, 0.4) is 0 Å². The second-order valence-corrected chi connectivity index (χ2v) is 8.60. The fourth-order valence-electron chi connectivity index (χ4n) is 3.89. The summed E-state index contributed by atoms with van der Waals surface area (Å²) in [6, 6.07) is 3.60. The van der Waals surface area contributed by atoms with E-state index >= 15 is 0 Å². The molecule has 0 aliphatic carbocycles. The highest BCUT2D eigenvalue weighted by Crippen LogP contribution is 2.17. The van der Waals surface area contributed by atoms with Crippen LogP contribution in [0.15, 0.2) is 24.3 Å². The SMILES string of the molecule is C[C@H](CN(CC(=O)O)C[C@@H](Cc1ccc([N+](=O)[O-])cc1)N(CC(=O)O)CC(=O)O)N(CC(=O)O)CC(=O)O. The van der Waals surface area contributed by atoms with Crippen LogP contribution in [0.4, 0.5) is 5.69 Å². The van der Waals surface area contributed by atoms with Gasteiger partial charge in [0, 0.05) is 37.3 Å². The second kappa shape index (κ2) is 15.2. The van der Waals surface area contributed by atoms with E-state index in [1.165, 1.54) is 36.1 Å². The van der Waals surface area contributed by atoms with Crippen molar-refractivity contribution in [1.29, 1.82) is 0 Å². The predicted octanol–water partition coefficient (Wildman–Crippen LogP) is -0.777. The lowest BCUT2D eigenvalue weighted by Crippen LogP contribution is -2.53. The quantitative estimate of drug-likeness (QED) is 0.106. The van der Waals surface area contributed by atoms with Gasteiger partial charge in [-0.05, 0) is 18.9 Å². The third-order valence-electron chi connectivity index (χ3n) is 5.46. The number of carboxylic acid groups (broad SMARTS) is 5. The number of hydrogen-bond donors (Lipinski definition) is 5. The molecule has 0 unspecified atom stereocenters. The Kier molecular flexibility index (Phi) is 12.7. The smallest absolute Gasteiger partial charge is 0.317 e. The molecular weight excluding hydrogens is 512 g/mol. The lowest BCUT2D eigenvalue weighted by Gasteiger charge is -2.36. The minimum absolute atomic E-state index is 0.00296. The first kappa shape index (κ1) is 31.9. The van der Waals surface area contributed by atoms with E-state index in [2.05, 4.69) is 0 Å². The van der Waals surface area contributed by atoms with E-state index < -0.39 is 79.6 Å². The van der Waals surface area contributed by atoms with Crippen LogP contribution in [0.25, 0.3) is 0 Å². The average Bonchev–Trinajstić information content (AvgIpc) is 2.76. The third-order valence-corrected chi connectivity index (χ3v) is 5.46. The molecule has 0 radical (unpaired) electrons. The molecule has 0 bridgehead atoms. The van der Waals surface area contributed by atoms with Crippen molar-refractivity contribution in [2.24, 2.45) is 0 Å². The number of nitro groups is 1. The van der Waals surface area contributed by atoms with Crippen LogP contribution < -0.4 is 0 Å². The van der Waals surface area contributed by atoms with Crippen LogP contribution in [0.5, 0.6) is 0 Å². The van der Waals surface area contributed by atoms with Crippen LogP contribution in [-0.4, -0.2) is 133 Å². The van der Waals surface area contributed by atoms with E-state index in [0.29, 0.717) is 5.56 Å². The normalized spacial score (nSPS) is 12.8. The zero-order valence-electron chi connectivity index (χ0n) is 20.5. The van der Waals surface area contributed by atoms with E-state index in [1.54, 1.807) is 0 Å². The standard InChI is InChI=1S/C22H30N4O12/c1-14(24(10-19(29)30)11-20(31)32)7-23(9-18(27)28)8-17(25(12-21(33)34)13-22(35)36)6-15-2-4-16(5-3-15)26(37)38/h2-5,14,17H,6-13H2,1H3,(H,27,28)(H,29,30)(H,31,32)(H,33,34)(H,35,36)/t14-,17-/m1/s1. The topological polar surface area (TPSA) is 239 Å². The first-order valence-corrected chi connectivity index (χ1v) is 11.2. The molecule has 0 saturated heterocycles. The average molecular weight is 542 g/mol. The molecule has 0 aliphatic heterocycles. The number of non-ortho nitro benzene ring substituents is 1. The van der Waals surface area contributed by atoms with E-state index in [9.17, 15) is 49.4 Å². The van der Waals surface area contributed by atoms with Crippen LogP contribution >= 0.6 is 0 Å². The largest absolute Gasteiger partial charge is 0.480 e. The first-order valence-electron chi connectivity index (χ1n) is 11.2. The molecule has 38 heavy (non-hydrogen) atoms. The molecule has 1 aromatic rings. The molecule has 16 nitrogen and oxygen atoms in total. The fraction of sp³-hybridized carbons (Fsp3) is 0.500. The summed E-state index contributed by atoms with van der Waals surface area (Å²) in [6.07, 6.45) is -0.00296. The molecule has 210 valence electrons. The van der Waals surface area contributed by atoms with Crippen molar-refractivity contribution in [3.8, 4) is 0 Å². The number of nitrogens with zero attached hydrogens (tertiary/aromatic N) is 4. The maximum absolute atomic E-state index is 11.6. The van der Waals surface area contributed by atoms with Gasteiger partial charge >= 0.3 is 29.8 Å². The molecule has 0 spiro atoms. The van der Waals surface area contributed by atoms with Gasteiger partial charge in [0.25, 0.3) is 5.69 Å². The molecule has 1 rings (SSSR count). The Morgan fingerprint density at radius 1 is 0.737 bits per heavy atom. The van der Waals surface area contributed by atoms with Crippen LogP contribution in [0.1, 0.15) is 12.5 Å². The van der Waals surface area contributed by atoms with Crippen molar-refractivity contribution in [2.45, 2.75) is 25.4 Å². The maximum Gasteiger partial charge on any atom is 0.317 e. The molecule has 0 saturated carbocycles. The molecule has 16 heteroatoms. The molecule has 1 aromatic carbocycles. The minimum atomic E-state index is -1.34. The van der Waals surface area contributed by atoms with Gasteiger partial charge in [0.2, 0.25) is 0 Å². The summed E-state index contributed by atoms with van der Waals surface area (Å²) in [5.41, 5.74) is 0.291. The van der Waals surface area contributed by atoms with Crippen LogP contribution in [-0.2, 0) is 30.4 Å². The number of hydrogen-bond acceptors (Lipinski definition) is 10. The summed E-state index contributed by atoms with van der Waals surface area (Å²) in [5.74, 6) is -6.56. The van der Waals surface area contributed by atoms with Crippen molar-refractivity contribution in [1.82, 2.24) is 14.7 Å². The lowest BCUT2D eigenvalue weighted by atomic mass is 10.0. The van der Waals surface area contributed by atoms with Crippen molar-refractivity contribution < 1.29 is 54.4 Å². The van der Waals surface area contributed by atoms with Gasteiger partial charge < -0.3 is 25.5 Å². The Morgan fingerprint density at radius 2 is 1.16 bits per heavy atom. The molecule has 0 amide bonds.